The molecule has 0 heterocycles. The molecular weight excluding hydrogens is 182 g/mol. The Morgan fingerprint density at radius 2 is 1.93 bits per heavy atom. The number of nitrogens with zero attached hydrogens (tertiary/aromatic N) is 2. The van der Waals surface area contributed by atoms with Crippen molar-refractivity contribution in [3.63, 3.8) is 0 Å². The molecule has 0 aromatic carbocycles. The van der Waals surface area contributed by atoms with Gasteiger partial charge in [-0.05, 0) is 13.8 Å². The summed E-state index contributed by atoms with van der Waals surface area (Å²) in [5.41, 5.74) is 5.36. The molecule has 3 N–H and O–H groups in total. The molecule has 1 amide bonds. The van der Waals surface area contributed by atoms with Crippen LogP contribution in [0.2, 0.25) is 0 Å². The zero-order valence-electron chi connectivity index (χ0n) is 9.19. The third-order valence-electron chi connectivity index (χ3n) is 1.86. The highest BCUT2D eigenvalue weighted by atomic mass is 16.4. The van der Waals surface area contributed by atoms with E-state index in [-0.39, 0.29) is 30.2 Å². The fourth-order valence-corrected chi connectivity index (χ4v) is 1.05. The summed E-state index contributed by atoms with van der Waals surface area (Å²) in [4.78, 5) is 13.3. The maximum atomic E-state index is 11.7. The van der Waals surface area contributed by atoms with E-state index in [1.165, 1.54) is 0 Å². The molecule has 0 saturated carbocycles. The molecule has 0 unspecified atom stereocenters. The van der Waals surface area contributed by atoms with Crippen LogP contribution in [-0.2, 0) is 4.79 Å². The van der Waals surface area contributed by atoms with Crippen LogP contribution in [0.15, 0.2) is 5.16 Å². The maximum Gasteiger partial charge on any atom is 0.225 e. The van der Waals surface area contributed by atoms with E-state index in [0.717, 1.165) is 0 Å². The number of nitrogens with two attached hydrogens (primary N) is 1. The maximum absolute atomic E-state index is 11.7. The van der Waals surface area contributed by atoms with Gasteiger partial charge >= 0.3 is 0 Å². The smallest absolute Gasteiger partial charge is 0.225 e. The molecule has 82 valence electrons. The van der Waals surface area contributed by atoms with E-state index in [4.69, 9.17) is 10.9 Å². The van der Waals surface area contributed by atoms with Gasteiger partial charge in [0.2, 0.25) is 5.91 Å². The molecule has 14 heavy (non-hydrogen) atoms. The highest BCUT2D eigenvalue weighted by Gasteiger charge is 2.20. The first-order valence-electron chi connectivity index (χ1n) is 4.67. The molecule has 0 aliphatic rings. The van der Waals surface area contributed by atoms with Gasteiger partial charge in [-0.15, -0.1) is 0 Å². The second kappa shape index (κ2) is 5.47. The first kappa shape index (κ1) is 12.7. The molecule has 0 atom stereocenters. The van der Waals surface area contributed by atoms with Gasteiger partial charge in [0.25, 0.3) is 0 Å². The van der Waals surface area contributed by atoms with Gasteiger partial charge in [0.15, 0.2) is 5.84 Å². The largest absolute Gasteiger partial charge is 0.409 e. The second-order valence-electron chi connectivity index (χ2n) is 3.81. The number of rotatable bonds is 4. The minimum absolute atomic E-state index is 0.00611. The molecule has 0 rings (SSSR count). The number of oxime groups is 1. The minimum Gasteiger partial charge on any atom is -0.409 e. The summed E-state index contributed by atoms with van der Waals surface area (Å²) in [5.74, 6) is -0.0248. The lowest BCUT2D eigenvalue weighted by Gasteiger charge is -2.27. The second-order valence-corrected chi connectivity index (χ2v) is 3.81. The highest BCUT2D eigenvalue weighted by Crippen LogP contribution is 2.05. The standard InChI is InChI=1S/C9H19N3O2/c1-6(2)9(13)12(7(3)4)5-8(10)11-14/h6-7,14H,5H2,1-4H3,(H2,10,11). The SMILES string of the molecule is CC(C)C(=O)N(CC(N)=NO)C(C)C. The van der Waals surface area contributed by atoms with Gasteiger partial charge in [-0.2, -0.15) is 0 Å². The molecule has 0 fully saturated rings. The van der Waals surface area contributed by atoms with Crippen molar-refractivity contribution in [1.29, 1.82) is 0 Å². The summed E-state index contributed by atoms with van der Waals surface area (Å²) in [5, 5.41) is 11.3. The summed E-state index contributed by atoms with van der Waals surface area (Å²) in [6.45, 7) is 7.61. The number of hydrogen-bond acceptors (Lipinski definition) is 3. The lowest BCUT2D eigenvalue weighted by Crippen LogP contribution is -2.44. The third-order valence-corrected chi connectivity index (χ3v) is 1.86. The van der Waals surface area contributed by atoms with Crippen LogP contribution >= 0.6 is 0 Å². The summed E-state index contributed by atoms with van der Waals surface area (Å²) < 4.78 is 0. The van der Waals surface area contributed by atoms with E-state index in [0.29, 0.717) is 0 Å². The van der Waals surface area contributed by atoms with Gasteiger partial charge in [0.1, 0.15) is 0 Å². The van der Waals surface area contributed by atoms with Gasteiger partial charge in [-0.25, -0.2) is 0 Å². The lowest BCUT2D eigenvalue weighted by molar-refractivity contribution is -0.135. The van der Waals surface area contributed by atoms with E-state index in [1.807, 2.05) is 27.7 Å². The number of carbonyl (C=O) groups is 1. The van der Waals surface area contributed by atoms with Crippen molar-refractivity contribution in [2.75, 3.05) is 6.54 Å². The molecule has 0 saturated heterocycles. The average Bonchev–Trinajstić information content (AvgIpc) is 2.11. The number of hydrogen-bond donors (Lipinski definition) is 2. The van der Waals surface area contributed by atoms with Crippen LogP contribution in [0.25, 0.3) is 0 Å². The molecule has 0 bridgehead atoms. The Morgan fingerprint density at radius 1 is 1.43 bits per heavy atom. The Balaban J connectivity index is 4.53. The van der Waals surface area contributed by atoms with Crippen LogP contribution in [0.4, 0.5) is 0 Å². The molecule has 5 nitrogen and oxygen atoms in total. The van der Waals surface area contributed by atoms with E-state index in [2.05, 4.69) is 5.16 Å². The molecule has 5 heteroatoms. The monoisotopic (exact) mass is 201 g/mol. The van der Waals surface area contributed by atoms with Crippen molar-refractivity contribution in [1.82, 2.24) is 4.90 Å². The van der Waals surface area contributed by atoms with Gasteiger partial charge in [0, 0.05) is 12.0 Å². The summed E-state index contributed by atoms with van der Waals surface area (Å²) >= 11 is 0. The molecule has 0 aromatic rings. The predicted octanol–water partition coefficient (Wildman–Crippen LogP) is 0.626. The molecule has 0 aliphatic carbocycles. The fourth-order valence-electron chi connectivity index (χ4n) is 1.05. The van der Waals surface area contributed by atoms with Crippen molar-refractivity contribution in [2.24, 2.45) is 16.8 Å². The molecular formula is C9H19N3O2. The number of carbonyl (C=O) groups excluding carboxylic acids is 1. The van der Waals surface area contributed by atoms with Crippen molar-refractivity contribution < 1.29 is 10.0 Å². The van der Waals surface area contributed by atoms with Crippen molar-refractivity contribution in [2.45, 2.75) is 33.7 Å². The van der Waals surface area contributed by atoms with Crippen LogP contribution < -0.4 is 5.73 Å². The van der Waals surface area contributed by atoms with E-state index < -0.39 is 0 Å². The zero-order chi connectivity index (χ0) is 11.3. The first-order valence-corrected chi connectivity index (χ1v) is 4.67. The lowest BCUT2D eigenvalue weighted by atomic mass is 10.1. The highest BCUT2D eigenvalue weighted by molar-refractivity contribution is 5.87. The van der Waals surface area contributed by atoms with Gasteiger partial charge < -0.3 is 15.8 Å². The Labute approximate surface area is 84.6 Å². The Morgan fingerprint density at radius 3 is 2.21 bits per heavy atom. The van der Waals surface area contributed by atoms with Crippen molar-refractivity contribution >= 4 is 11.7 Å². The third kappa shape index (κ3) is 3.64. The molecule has 0 aromatic heterocycles. The minimum atomic E-state index is -0.0797. The molecule has 0 aliphatic heterocycles. The zero-order valence-corrected chi connectivity index (χ0v) is 9.19. The first-order chi connectivity index (χ1) is 6.40. The van der Waals surface area contributed by atoms with Crippen LogP contribution in [-0.4, -0.2) is 34.4 Å². The normalized spacial score (nSPS) is 12.3. The van der Waals surface area contributed by atoms with Crippen LogP contribution in [0, 0.1) is 5.92 Å². The van der Waals surface area contributed by atoms with Gasteiger partial charge in [-0.3, -0.25) is 4.79 Å². The van der Waals surface area contributed by atoms with E-state index in [9.17, 15) is 4.79 Å². The van der Waals surface area contributed by atoms with Crippen LogP contribution in [0.1, 0.15) is 27.7 Å². The quantitative estimate of drug-likeness (QED) is 0.303. The molecule has 0 spiro atoms. The van der Waals surface area contributed by atoms with Crippen molar-refractivity contribution in [3.8, 4) is 0 Å². The Hall–Kier alpha value is -1.26. The molecule has 0 radical (unpaired) electrons. The van der Waals surface area contributed by atoms with Crippen molar-refractivity contribution in [3.05, 3.63) is 0 Å². The van der Waals surface area contributed by atoms with Crippen LogP contribution in [0.5, 0.6) is 0 Å². The van der Waals surface area contributed by atoms with Crippen LogP contribution in [0.3, 0.4) is 0 Å². The van der Waals surface area contributed by atoms with E-state index in [1.54, 1.807) is 4.90 Å². The summed E-state index contributed by atoms with van der Waals surface area (Å²) in [6.07, 6.45) is 0. The van der Waals surface area contributed by atoms with Gasteiger partial charge in [-0.1, -0.05) is 19.0 Å². The van der Waals surface area contributed by atoms with Gasteiger partial charge in [0.05, 0.1) is 6.54 Å². The summed E-state index contributed by atoms with van der Waals surface area (Å²) in [7, 11) is 0. The number of amides is 1. The fraction of sp³-hybridized carbons (Fsp3) is 0.778. The average molecular weight is 201 g/mol. The number of amidine groups is 1. The Bertz CT molecular complexity index is 224. The van der Waals surface area contributed by atoms with E-state index >= 15 is 0 Å². The summed E-state index contributed by atoms with van der Waals surface area (Å²) in [6, 6.07) is 0.0465. The predicted molar refractivity (Wildman–Crippen MR) is 55.1 cm³/mol. The topological polar surface area (TPSA) is 78.9 Å². The Kier molecular flexibility index (Phi) is 4.97.